The first-order chi connectivity index (χ1) is 18.0. The monoisotopic (exact) mass is 546 g/mol. The molecule has 0 aliphatic heterocycles. The van der Waals surface area contributed by atoms with Crippen molar-refractivity contribution in [3.63, 3.8) is 0 Å². The van der Waals surface area contributed by atoms with Crippen LogP contribution >= 0.6 is 12.6 Å². The van der Waals surface area contributed by atoms with Gasteiger partial charge in [0.25, 0.3) is 0 Å². The molecular weight excluding hydrogens is 484 g/mol. The van der Waals surface area contributed by atoms with Crippen LogP contribution in [0.3, 0.4) is 0 Å². The third-order valence-electron chi connectivity index (χ3n) is 7.65. The van der Waals surface area contributed by atoms with E-state index in [9.17, 15) is 4.79 Å². The second kappa shape index (κ2) is 19.2. The summed E-state index contributed by atoms with van der Waals surface area (Å²) in [5.74, 6) is 1.35. The largest absolute Gasteiger partial charge is 0.426 e. The van der Waals surface area contributed by atoms with Crippen molar-refractivity contribution in [2.45, 2.75) is 181 Å². The minimum atomic E-state index is -0.109. The summed E-state index contributed by atoms with van der Waals surface area (Å²) in [4.78, 5) is 12.8. The summed E-state index contributed by atoms with van der Waals surface area (Å²) in [6.45, 7) is 15.4. The van der Waals surface area contributed by atoms with Crippen molar-refractivity contribution in [2.75, 3.05) is 0 Å². The Morgan fingerprint density at radius 3 is 1.29 bits per heavy atom. The first-order valence-corrected chi connectivity index (χ1v) is 16.6. The van der Waals surface area contributed by atoms with E-state index in [1.54, 1.807) is 0 Å². The van der Waals surface area contributed by atoms with Crippen molar-refractivity contribution in [3.05, 3.63) is 28.8 Å². The molecule has 0 N–H and O–H groups in total. The lowest BCUT2D eigenvalue weighted by Gasteiger charge is -2.30. The molecule has 1 rings (SSSR count). The van der Waals surface area contributed by atoms with Gasteiger partial charge in [-0.05, 0) is 22.8 Å². The number of thiol groups is 1. The van der Waals surface area contributed by atoms with Gasteiger partial charge in [-0.25, -0.2) is 0 Å². The predicted molar refractivity (Wildman–Crippen MR) is 171 cm³/mol. The number of unbranched alkanes of at least 4 members (excludes halogenated alkanes) is 16. The van der Waals surface area contributed by atoms with Gasteiger partial charge in [0, 0.05) is 23.3 Å². The van der Waals surface area contributed by atoms with Crippen LogP contribution in [0.1, 0.15) is 181 Å². The Bertz CT molecular complexity index is 734. The minimum Gasteiger partial charge on any atom is -0.426 e. The summed E-state index contributed by atoms with van der Waals surface area (Å²) in [5.41, 5.74) is 3.16. The van der Waals surface area contributed by atoms with Crippen molar-refractivity contribution < 1.29 is 9.53 Å². The van der Waals surface area contributed by atoms with Gasteiger partial charge in [0.05, 0.1) is 0 Å². The molecular formula is C35H62O2S. The highest BCUT2D eigenvalue weighted by atomic mass is 32.1. The Morgan fingerprint density at radius 1 is 0.632 bits per heavy atom. The smallest absolute Gasteiger partial charge is 0.311 e. The maximum Gasteiger partial charge on any atom is 0.311 e. The van der Waals surface area contributed by atoms with E-state index in [1.807, 2.05) is 0 Å². The van der Waals surface area contributed by atoms with Gasteiger partial charge in [-0.15, -0.1) is 0 Å². The van der Waals surface area contributed by atoms with Gasteiger partial charge in [-0.2, -0.15) is 12.6 Å². The summed E-state index contributed by atoms with van der Waals surface area (Å²) in [6.07, 6.45) is 23.3. The standard InChI is InChI=1S/C35H62O2S/c1-8-9-10-11-12-13-14-15-16-17-18-19-20-21-22-23-24-25-32(36)37-33-30(34(2,3)4)26-29(28-38)27-31(33)35(5,6)7/h26-27,38H,8-25,28H2,1-7H3. The molecule has 0 aliphatic rings. The van der Waals surface area contributed by atoms with E-state index in [0.717, 1.165) is 29.7 Å². The van der Waals surface area contributed by atoms with Crippen LogP contribution < -0.4 is 4.74 Å². The average Bonchev–Trinajstić information content (AvgIpc) is 2.84. The van der Waals surface area contributed by atoms with Crippen LogP contribution in [-0.2, 0) is 21.4 Å². The Morgan fingerprint density at radius 2 is 0.974 bits per heavy atom. The van der Waals surface area contributed by atoms with Crippen LogP contribution in [0, 0.1) is 0 Å². The molecule has 2 nitrogen and oxygen atoms in total. The van der Waals surface area contributed by atoms with Gasteiger partial charge in [-0.1, -0.05) is 163 Å². The van der Waals surface area contributed by atoms with Gasteiger partial charge < -0.3 is 4.74 Å². The van der Waals surface area contributed by atoms with E-state index in [4.69, 9.17) is 4.74 Å². The van der Waals surface area contributed by atoms with E-state index in [2.05, 4.69) is 73.2 Å². The zero-order valence-corrected chi connectivity index (χ0v) is 27.2. The summed E-state index contributed by atoms with van der Waals surface area (Å²) in [6, 6.07) is 4.33. The van der Waals surface area contributed by atoms with Crippen molar-refractivity contribution in [3.8, 4) is 5.75 Å². The fraction of sp³-hybridized carbons (Fsp3) is 0.800. The summed E-state index contributed by atoms with van der Waals surface area (Å²) in [7, 11) is 0. The molecule has 0 unspecified atom stereocenters. The van der Waals surface area contributed by atoms with E-state index in [-0.39, 0.29) is 16.8 Å². The molecule has 0 radical (unpaired) electrons. The zero-order valence-electron chi connectivity index (χ0n) is 26.4. The third kappa shape index (κ3) is 15.0. The number of rotatable bonds is 20. The second-order valence-corrected chi connectivity index (χ2v) is 13.9. The molecule has 0 atom stereocenters. The van der Waals surface area contributed by atoms with Gasteiger partial charge in [0.2, 0.25) is 0 Å². The summed E-state index contributed by atoms with van der Waals surface area (Å²) < 4.78 is 6.09. The second-order valence-electron chi connectivity index (χ2n) is 13.6. The molecule has 38 heavy (non-hydrogen) atoms. The Balaban J connectivity index is 2.26. The highest BCUT2D eigenvalue weighted by molar-refractivity contribution is 7.79. The van der Waals surface area contributed by atoms with Crippen LogP contribution in [0.25, 0.3) is 0 Å². The fourth-order valence-corrected chi connectivity index (χ4v) is 5.35. The van der Waals surface area contributed by atoms with Crippen LogP contribution in [-0.4, -0.2) is 5.97 Å². The van der Waals surface area contributed by atoms with Crippen molar-refractivity contribution in [1.29, 1.82) is 0 Å². The fourth-order valence-electron chi connectivity index (χ4n) is 5.16. The Hall–Kier alpha value is -0.960. The first kappa shape index (κ1) is 35.1. The molecule has 0 amide bonds. The van der Waals surface area contributed by atoms with E-state index >= 15 is 0 Å². The lowest BCUT2D eigenvalue weighted by Crippen LogP contribution is -2.22. The number of ether oxygens (including phenoxy) is 1. The number of hydrogen-bond acceptors (Lipinski definition) is 3. The molecule has 220 valence electrons. The van der Waals surface area contributed by atoms with Gasteiger partial charge >= 0.3 is 5.97 Å². The molecule has 3 heteroatoms. The number of esters is 1. The van der Waals surface area contributed by atoms with E-state index in [1.165, 1.54) is 102 Å². The van der Waals surface area contributed by atoms with Crippen molar-refractivity contribution in [1.82, 2.24) is 0 Å². The lowest BCUT2D eigenvalue weighted by atomic mass is 9.78. The van der Waals surface area contributed by atoms with Crippen molar-refractivity contribution in [2.24, 2.45) is 0 Å². The molecule has 0 saturated heterocycles. The highest BCUT2D eigenvalue weighted by Gasteiger charge is 2.29. The van der Waals surface area contributed by atoms with Crippen LogP contribution in [0.5, 0.6) is 5.75 Å². The van der Waals surface area contributed by atoms with Crippen LogP contribution in [0.15, 0.2) is 12.1 Å². The number of carbonyl (C=O) groups excluding carboxylic acids is 1. The third-order valence-corrected chi connectivity index (χ3v) is 8.01. The lowest BCUT2D eigenvalue weighted by molar-refractivity contribution is -0.134. The first-order valence-electron chi connectivity index (χ1n) is 16.0. The molecule has 0 aromatic heterocycles. The molecule has 1 aromatic carbocycles. The molecule has 1 aromatic rings. The molecule has 0 fully saturated rings. The highest BCUT2D eigenvalue weighted by Crippen LogP contribution is 2.41. The van der Waals surface area contributed by atoms with E-state index < -0.39 is 0 Å². The topological polar surface area (TPSA) is 26.3 Å². The SMILES string of the molecule is CCCCCCCCCCCCCCCCCCCC(=O)Oc1c(C(C)(C)C)cc(CS)cc1C(C)(C)C. The van der Waals surface area contributed by atoms with Crippen LogP contribution in [0.2, 0.25) is 0 Å². The minimum absolute atomic E-state index is 0.0967. The number of carbonyl (C=O) groups is 1. The van der Waals surface area contributed by atoms with Gasteiger partial charge in [0.1, 0.15) is 5.75 Å². The van der Waals surface area contributed by atoms with Gasteiger partial charge in [-0.3, -0.25) is 4.79 Å². The molecule has 0 aliphatic carbocycles. The van der Waals surface area contributed by atoms with Crippen molar-refractivity contribution >= 4 is 18.6 Å². The normalized spacial score (nSPS) is 12.2. The van der Waals surface area contributed by atoms with Gasteiger partial charge in [0.15, 0.2) is 0 Å². The zero-order chi connectivity index (χ0) is 28.4. The molecule has 0 spiro atoms. The molecule has 0 heterocycles. The number of hydrogen-bond donors (Lipinski definition) is 1. The quantitative estimate of drug-likeness (QED) is 0.0761. The maximum atomic E-state index is 12.8. The average molecular weight is 547 g/mol. The predicted octanol–water partition coefficient (Wildman–Crippen LogP) is 11.7. The number of benzene rings is 1. The summed E-state index contributed by atoms with van der Waals surface area (Å²) in [5, 5.41) is 0. The summed E-state index contributed by atoms with van der Waals surface area (Å²) >= 11 is 4.52. The Kier molecular flexibility index (Phi) is 17.7. The molecule has 0 saturated carbocycles. The van der Waals surface area contributed by atoms with Crippen LogP contribution in [0.4, 0.5) is 0 Å². The van der Waals surface area contributed by atoms with E-state index in [0.29, 0.717) is 12.2 Å². The Labute approximate surface area is 242 Å². The molecule has 0 bridgehead atoms. The maximum absolute atomic E-state index is 12.8.